The van der Waals surface area contributed by atoms with Crippen LogP contribution in [0.1, 0.15) is 0 Å². The van der Waals surface area contributed by atoms with Gasteiger partial charge in [0.05, 0.1) is 11.9 Å². The first-order chi connectivity index (χ1) is 8.02. The fourth-order valence-electron chi connectivity index (χ4n) is 1.35. The van der Waals surface area contributed by atoms with Gasteiger partial charge in [0, 0.05) is 0 Å². The maximum atomic E-state index is 12.4. The van der Waals surface area contributed by atoms with Gasteiger partial charge in [-0.15, -0.1) is 18.7 Å². The van der Waals surface area contributed by atoms with E-state index in [-0.39, 0.29) is 10.7 Å². The third-order valence-electron chi connectivity index (χ3n) is 2.10. The van der Waals surface area contributed by atoms with E-state index in [1.807, 2.05) is 0 Å². The van der Waals surface area contributed by atoms with Gasteiger partial charge in [-0.1, -0.05) is 18.2 Å². The number of halogens is 3. The van der Waals surface area contributed by atoms with E-state index in [4.69, 9.17) is 5.26 Å². The van der Waals surface area contributed by atoms with E-state index in [2.05, 4.69) is 5.53 Å². The fraction of sp³-hybridized carbons (Fsp3) is 0.100. The number of hydrogen-bond donors (Lipinski definition) is 1. The lowest BCUT2D eigenvalue weighted by Gasteiger charge is -2.24. The highest BCUT2D eigenvalue weighted by Crippen LogP contribution is 2.27. The van der Waals surface area contributed by atoms with Crippen LogP contribution < -0.4 is 10.5 Å². The normalized spacial score (nSPS) is 15.8. The van der Waals surface area contributed by atoms with Crippen LogP contribution in [0.5, 0.6) is 0 Å². The molecule has 1 aliphatic heterocycles. The molecular weight excluding hydrogens is 233 g/mol. The second kappa shape index (κ2) is 3.99. The Kier molecular flexibility index (Phi) is 2.65. The molecule has 0 fully saturated rings. The number of anilines is 1. The summed E-state index contributed by atoms with van der Waals surface area (Å²) < 4.78 is 37.3. The van der Waals surface area contributed by atoms with Crippen LogP contribution in [0.15, 0.2) is 42.2 Å². The van der Waals surface area contributed by atoms with Gasteiger partial charge in [-0.25, -0.2) is 10.0 Å². The zero-order chi connectivity index (χ0) is 12.5. The van der Waals surface area contributed by atoms with Gasteiger partial charge in [0.2, 0.25) is 0 Å². The lowest BCUT2D eigenvalue weighted by molar-refractivity contribution is -0.241. The van der Waals surface area contributed by atoms with Crippen LogP contribution in [0, 0.1) is 11.3 Å². The third-order valence-corrected chi connectivity index (χ3v) is 2.10. The predicted molar refractivity (Wildman–Crippen MR) is 53.6 cm³/mol. The van der Waals surface area contributed by atoms with E-state index in [0.29, 0.717) is 11.9 Å². The smallest absolute Gasteiger partial charge is 0.247 e. The minimum absolute atomic E-state index is 0.0709. The minimum Gasteiger partial charge on any atom is -0.247 e. The largest absolute Gasteiger partial charge is 0.500 e. The maximum absolute atomic E-state index is 12.4. The SMILES string of the molecule is N#CC1=CN(C(F)(F)F)NN1c1ccccc1. The molecule has 0 radical (unpaired) electrons. The summed E-state index contributed by atoms with van der Waals surface area (Å²) in [6.45, 7) is 0. The first-order valence-electron chi connectivity index (χ1n) is 4.62. The molecule has 1 heterocycles. The van der Waals surface area contributed by atoms with Gasteiger partial charge in [-0.3, -0.25) is 0 Å². The van der Waals surface area contributed by atoms with Crippen LogP contribution in [-0.4, -0.2) is 11.3 Å². The van der Waals surface area contributed by atoms with Crippen molar-refractivity contribution in [2.75, 3.05) is 5.01 Å². The Labute approximate surface area is 95.1 Å². The molecule has 0 aromatic heterocycles. The van der Waals surface area contributed by atoms with Crippen LogP contribution in [0.25, 0.3) is 0 Å². The van der Waals surface area contributed by atoms with Crippen molar-refractivity contribution in [2.45, 2.75) is 6.30 Å². The highest BCUT2D eigenvalue weighted by Gasteiger charge is 2.41. The molecule has 1 N–H and O–H groups in total. The van der Waals surface area contributed by atoms with Gasteiger partial charge in [0.25, 0.3) is 0 Å². The Balaban J connectivity index is 2.29. The monoisotopic (exact) mass is 240 g/mol. The Morgan fingerprint density at radius 1 is 1.18 bits per heavy atom. The molecule has 0 amide bonds. The van der Waals surface area contributed by atoms with Crippen LogP contribution in [0.2, 0.25) is 0 Å². The summed E-state index contributed by atoms with van der Waals surface area (Å²) in [6, 6.07) is 9.96. The number of nitriles is 1. The van der Waals surface area contributed by atoms with E-state index < -0.39 is 6.30 Å². The van der Waals surface area contributed by atoms with Crippen molar-refractivity contribution >= 4 is 5.69 Å². The number of hydrogen-bond acceptors (Lipinski definition) is 4. The molecule has 0 atom stereocenters. The number of para-hydroxylation sites is 1. The Hall–Kier alpha value is -2.20. The van der Waals surface area contributed by atoms with Gasteiger partial charge >= 0.3 is 6.30 Å². The first kappa shape index (κ1) is 11.3. The van der Waals surface area contributed by atoms with E-state index >= 15 is 0 Å². The number of benzene rings is 1. The van der Waals surface area contributed by atoms with Crippen LogP contribution in [0.4, 0.5) is 18.9 Å². The minimum atomic E-state index is -4.58. The zero-order valence-electron chi connectivity index (χ0n) is 8.44. The molecular formula is C10H7F3N4. The molecule has 0 bridgehead atoms. The van der Waals surface area contributed by atoms with Crippen molar-refractivity contribution in [3.8, 4) is 6.07 Å². The molecule has 1 aromatic rings. The predicted octanol–water partition coefficient (Wildman–Crippen LogP) is 2.11. The second-order valence-corrected chi connectivity index (χ2v) is 3.23. The van der Waals surface area contributed by atoms with Gasteiger partial charge in [-0.05, 0) is 12.1 Å². The molecule has 0 aliphatic carbocycles. The van der Waals surface area contributed by atoms with Crippen LogP contribution in [-0.2, 0) is 0 Å². The van der Waals surface area contributed by atoms with Gasteiger partial charge in [0.1, 0.15) is 6.07 Å². The standard InChI is InChI=1S/C10H7F3N4/c11-10(12,13)16-7-9(6-14)17(15-16)8-4-2-1-3-5-8/h1-5,7,15H. The van der Waals surface area contributed by atoms with E-state index in [9.17, 15) is 13.2 Å². The molecule has 0 saturated carbocycles. The number of allylic oxidation sites excluding steroid dienone is 1. The molecule has 2 rings (SSSR count). The van der Waals surface area contributed by atoms with Crippen LogP contribution >= 0.6 is 0 Å². The summed E-state index contributed by atoms with van der Waals surface area (Å²) >= 11 is 0. The highest BCUT2D eigenvalue weighted by atomic mass is 19.4. The quantitative estimate of drug-likeness (QED) is 0.763. The molecule has 0 saturated heterocycles. The van der Waals surface area contributed by atoms with Crippen LogP contribution in [0.3, 0.4) is 0 Å². The number of hydrazine groups is 2. The van der Waals surface area contributed by atoms with E-state index in [0.717, 1.165) is 5.01 Å². The molecule has 17 heavy (non-hydrogen) atoms. The molecule has 0 spiro atoms. The summed E-state index contributed by atoms with van der Waals surface area (Å²) in [5.41, 5.74) is 2.39. The molecule has 1 aliphatic rings. The van der Waals surface area contributed by atoms with Crippen molar-refractivity contribution in [3.05, 3.63) is 42.2 Å². The number of nitrogens with one attached hydrogen (secondary N) is 1. The van der Waals surface area contributed by atoms with E-state index in [1.54, 1.807) is 36.4 Å². The van der Waals surface area contributed by atoms with Gasteiger partial charge < -0.3 is 0 Å². The second-order valence-electron chi connectivity index (χ2n) is 3.23. The molecule has 1 aromatic carbocycles. The van der Waals surface area contributed by atoms with Gasteiger partial charge in [-0.2, -0.15) is 5.26 Å². The summed E-state index contributed by atoms with van der Waals surface area (Å²) in [6.07, 6.45) is -3.88. The highest BCUT2D eigenvalue weighted by molar-refractivity contribution is 5.55. The van der Waals surface area contributed by atoms with Crippen molar-refractivity contribution in [1.29, 1.82) is 5.26 Å². The summed E-state index contributed by atoms with van der Waals surface area (Å²) in [5, 5.41) is 9.78. The number of nitrogens with zero attached hydrogens (tertiary/aromatic N) is 3. The van der Waals surface area contributed by atoms with Crippen molar-refractivity contribution in [3.63, 3.8) is 0 Å². The van der Waals surface area contributed by atoms with Gasteiger partial charge in [0.15, 0.2) is 5.70 Å². The first-order valence-corrected chi connectivity index (χ1v) is 4.62. The number of rotatable bonds is 1. The topological polar surface area (TPSA) is 42.3 Å². The average Bonchev–Trinajstić information content (AvgIpc) is 2.73. The zero-order valence-corrected chi connectivity index (χ0v) is 8.44. The molecule has 88 valence electrons. The Morgan fingerprint density at radius 2 is 1.82 bits per heavy atom. The molecule has 0 unspecified atom stereocenters. The summed E-state index contributed by atoms with van der Waals surface area (Å²) in [5.74, 6) is 0. The van der Waals surface area contributed by atoms with Crippen molar-refractivity contribution in [2.24, 2.45) is 0 Å². The lowest BCUT2D eigenvalue weighted by Crippen LogP contribution is -2.47. The average molecular weight is 240 g/mol. The number of alkyl halides is 3. The third kappa shape index (κ3) is 2.16. The fourth-order valence-corrected chi connectivity index (χ4v) is 1.35. The Bertz CT molecular complexity index is 475. The van der Waals surface area contributed by atoms with Crippen molar-refractivity contribution in [1.82, 2.24) is 10.5 Å². The Morgan fingerprint density at radius 3 is 2.35 bits per heavy atom. The lowest BCUT2D eigenvalue weighted by atomic mass is 10.3. The molecule has 4 nitrogen and oxygen atoms in total. The van der Waals surface area contributed by atoms with Crippen molar-refractivity contribution < 1.29 is 13.2 Å². The maximum Gasteiger partial charge on any atom is 0.500 e. The van der Waals surface area contributed by atoms with E-state index in [1.165, 1.54) is 0 Å². The summed E-state index contributed by atoms with van der Waals surface area (Å²) in [4.78, 5) is 0. The molecule has 7 heteroatoms. The summed E-state index contributed by atoms with van der Waals surface area (Å²) in [7, 11) is 0.